The largest absolute Gasteiger partial charge is 0.463 e. The SMILES string of the molecule is C=CC[NH+](Cc1cccn1Cc1ccccc1F)C[C@@H](O)COC(=O)CCC. The number of benzene rings is 1. The van der Waals surface area contributed by atoms with Gasteiger partial charge < -0.3 is 19.3 Å². The Labute approximate surface area is 166 Å². The Balaban J connectivity index is 1.97. The summed E-state index contributed by atoms with van der Waals surface area (Å²) in [5.41, 5.74) is 1.67. The van der Waals surface area contributed by atoms with Gasteiger partial charge in [0, 0.05) is 18.2 Å². The summed E-state index contributed by atoms with van der Waals surface area (Å²) < 4.78 is 21.1. The van der Waals surface area contributed by atoms with Crippen molar-refractivity contribution in [1.29, 1.82) is 0 Å². The van der Waals surface area contributed by atoms with Crippen molar-refractivity contribution in [3.8, 4) is 0 Å². The first kappa shape index (κ1) is 21.9. The first-order valence-corrected chi connectivity index (χ1v) is 9.69. The lowest BCUT2D eigenvalue weighted by molar-refractivity contribution is -0.911. The number of carbonyl (C=O) groups is 1. The van der Waals surface area contributed by atoms with E-state index < -0.39 is 6.10 Å². The van der Waals surface area contributed by atoms with E-state index in [4.69, 9.17) is 4.74 Å². The molecule has 1 aromatic carbocycles. The van der Waals surface area contributed by atoms with E-state index in [1.54, 1.807) is 18.2 Å². The summed E-state index contributed by atoms with van der Waals surface area (Å²) in [5.74, 6) is -0.507. The number of rotatable bonds is 12. The number of quaternary nitrogens is 1. The third kappa shape index (κ3) is 6.94. The highest BCUT2D eigenvalue weighted by molar-refractivity contribution is 5.69. The highest BCUT2D eigenvalue weighted by Crippen LogP contribution is 2.11. The molecule has 0 saturated carbocycles. The van der Waals surface area contributed by atoms with Gasteiger partial charge in [-0.15, -0.1) is 0 Å². The standard InChI is InChI=1S/C22H29FN2O3/c1-3-8-22(27)28-17-20(26)16-24(12-4-2)15-19-10-7-13-25(19)14-18-9-5-6-11-21(18)23/h4-7,9-11,13,20,26H,2-3,8,12,14-17H2,1H3/p+1/t20-/m1/s1. The smallest absolute Gasteiger partial charge is 0.305 e. The highest BCUT2D eigenvalue weighted by atomic mass is 19.1. The van der Waals surface area contributed by atoms with Gasteiger partial charge in [0.1, 0.15) is 31.6 Å². The molecule has 2 atom stereocenters. The minimum atomic E-state index is -0.745. The molecule has 0 fully saturated rings. The van der Waals surface area contributed by atoms with Crippen LogP contribution < -0.4 is 4.90 Å². The van der Waals surface area contributed by atoms with Crippen LogP contribution in [0.5, 0.6) is 0 Å². The van der Waals surface area contributed by atoms with Gasteiger partial charge in [-0.1, -0.05) is 31.7 Å². The molecule has 2 rings (SSSR count). The van der Waals surface area contributed by atoms with Crippen LogP contribution in [0.25, 0.3) is 0 Å². The van der Waals surface area contributed by atoms with Crippen molar-refractivity contribution in [2.45, 2.75) is 39.0 Å². The second kappa shape index (κ2) is 11.4. The predicted molar refractivity (Wildman–Crippen MR) is 106 cm³/mol. The Bertz CT molecular complexity index is 760. The van der Waals surface area contributed by atoms with Crippen LogP contribution in [0.2, 0.25) is 0 Å². The summed E-state index contributed by atoms with van der Waals surface area (Å²) >= 11 is 0. The third-order valence-electron chi connectivity index (χ3n) is 4.50. The minimum Gasteiger partial charge on any atom is -0.463 e. The van der Waals surface area contributed by atoms with Gasteiger partial charge in [-0.05, 0) is 30.7 Å². The zero-order chi connectivity index (χ0) is 20.4. The van der Waals surface area contributed by atoms with Crippen molar-refractivity contribution >= 4 is 5.97 Å². The van der Waals surface area contributed by atoms with Crippen molar-refractivity contribution in [2.75, 3.05) is 19.7 Å². The summed E-state index contributed by atoms with van der Waals surface area (Å²) in [6.07, 6.45) is 4.07. The van der Waals surface area contributed by atoms with Crippen LogP contribution in [0.15, 0.2) is 55.3 Å². The molecule has 0 spiro atoms. The number of halogens is 1. The first-order chi connectivity index (χ1) is 13.5. The Morgan fingerprint density at radius 2 is 2.14 bits per heavy atom. The number of aliphatic hydroxyl groups is 1. The molecule has 0 aliphatic carbocycles. The van der Waals surface area contributed by atoms with E-state index in [1.165, 1.54) is 6.07 Å². The molecule has 0 aliphatic heterocycles. The van der Waals surface area contributed by atoms with E-state index in [2.05, 4.69) is 6.58 Å². The number of carbonyl (C=O) groups excluding carboxylic acids is 1. The van der Waals surface area contributed by atoms with E-state index in [0.717, 1.165) is 17.0 Å². The topological polar surface area (TPSA) is 55.9 Å². The molecule has 6 heteroatoms. The maximum absolute atomic E-state index is 14.0. The fourth-order valence-electron chi connectivity index (χ4n) is 3.12. The van der Waals surface area contributed by atoms with Gasteiger partial charge in [-0.25, -0.2) is 4.39 Å². The van der Waals surface area contributed by atoms with E-state index in [9.17, 15) is 14.3 Å². The third-order valence-corrected chi connectivity index (χ3v) is 4.50. The zero-order valence-electron chi connectivity index (χ0n) is 16.4. The molecule has 0 radical (unpaired) electrons. The van der Waals surface area contributed by atoms with Crippen LogP contribution in [0.4, 0.5) is 4.39 Å². The summed E-state index contributed by atoms with van der Waals surface area (Å²) in [6, 6.07) is 10.7. The lowest BCUT2D eigenvalue weighted by Crippen LogP contribution is -3.11. The van der Waals surface area contributed by atoms with E-state index in [-0.39, 0.29) is 18.4 Å². The average molecular weight is 389 g/mol. The highest BCUT2D eigenvalue weighted by Gasteiger charge is 2.18. The normalized spacial score (nSPS) is 13.1. The number of aromatic nitrogens is 1. The summed E-state index contributed by atoms with van der Waals surface area (Å²) in [4.78, 5) is 12.6. The molecular formula is C22H30FN2O3+. The lowest BCUT2D eigenvalue weighted by atomic mass is 10.2. The van der Waals surface area contributed by atoms with Crippen LogP contribution in [-0.4, -0.2) is 41.4 Å². The van der Waals surface area contributed by atoms with Crippen molar-refractivity contribution in [3.05, 3.63) is 72.3 Å². The fraction of sp³-hybridized carbons (Fsp3) is 0.409. The summed E-state index contributed by atoms with van der Waals surface area (Å²) in [6.45, 7) is 7.88. The Kier molecular flexibility index (Phi) is 8.91. The maximum Gasteiger partial charge on any atom is 0.305 e. The monoisotopic (exact) mass is 389 g/mol. The first-order valence-electron chi connectivity index (χ1n) is 9.69. The second-order valence-electron chi connectivity index (χ2n) is 6.93. The van der Waals surface area contributed by atoms with Crippen LogP contribution in [-0.2, 0) is 22.6 Å². The number of hydrogen-bond acceptors (Lipinski definition) is 3. The van der Waals surface area contributed by atoms with E-state index in [1.807, 2.05) is 35.9 Å². The van der Waals surface area contributed by atoms with Crippen molar-refractivity contribution in [2.24, 2.45) is 0 Å². The molecule has 2 N–H and O–H groups in total. The molecule has 2 aromatic rings. The lowest BCUT2D eigenvalue weighted by Gasteiger charge is -2.22. The van der Waals surface area contributed by atoms with Gasteiger partial charge in [0.2, 0.25) is 0 Å². The van der Waals surface area contributed by atoms with Gasteiger partial charge in [0.05, 0.1) is 18.8 Å². The summed E-state index contributed by atoms with van der Waals surface area (Å²) in [7, 11) is 0. The number of esters is 1. The molecule has 0 bridgehead atoms. The van der Waals surface area contributed by atoms with Gasteiger partial charge in [-0.2, -0.15) is 0 Å². The van der Waals surface area contributed by atoms with Crippen LogP contribution in [0.3, 0.4) is 0 Å². The Morgan fingerprint density at radius 1 is 1.36 bits per heavy atom. The fourth-order valence-corrected chi connectivity index (χ4v) is 3.12. The Morgan fingerprint density at radius 3 is 2.86 bits per heavy atom. The number of nitrogens with zero attached hydrogens (tertiary/aromatic N) is 1. The quantitative estimate of drug-likeness (QED) is 0.431. The van der Waals surface area contributed by atoms with E-state index in [0.29, 0.717) is 38.2 Å². The molecule has 0 aliphatic rings. The molecule has 1 aromatic heterocycles. The van der Waals surface area contributed by atoms with Crippen molar-refractivity contribution in [1.82, 2.24) is 4.57 Å². The Hall–Kier alpha value is -2.44. The number of aliphatic hydroxyl groups excluding tert-OH is 1. The van der Waals surface area contributed by atoms with Gasteiger partial charge in [0.15, 0.2) is 0 Å². The molecule has 28 heavy (non-hydrogen) atoms. The molecule has 0 saturated heterocycles. The summed E-state index contributed by atoms with van der Waals surface area (Å²) in [5, 5.41) is 10.2. The van der Waals surface area contributed by atoms with Crippen LogP contribution in [0, 0.1) is 5.82 Å². The number of ether oxygens (including phenoxy) is 1. The minimum absolute atomic E-state index is 0.00425. The van der Waals surface area contributed by atoms with E-state index >= 15 is 0 Å². The molecule has 1 unspecified atom stereocenters. The van der Waals surface area contributed by atoms with Crippen molar-refractivity contribution in [3.63, 3.8) is 0 Å². The number of hydrogen-bond donors (Lipinski definition) is 2. The predicted octanol–water partition coefficient (Wildman–Crippen LogP) is 1.95. The van der Waals surface area contributed by atoms with Gasteiger partial charge >= 0.3 is 5.97 Å². The molecular weight excluding hydrogens is 359 g/mol. The number of nitrogens with one attached hydrogen (secondary N) is 1. The van der Waals surface area contributed by atoms with Gasteiger partial charge in [-0.3, -0.25) is 4.79 Å². The molecule has 5 nitrogen and oxygen atoms in total. The molecule has 152 valence electrons. The second-order valence-corrected chi connectivity index (χ2v) is 6.93. The average Bonchev–Trinajstić information content (AvgIpc) is 3.09. The van der Waals surface area contributed by atoms with Crippen LogP contribution >= 0.6 is 0 Å². The zero-order valence-corrected chi connectivity index (χ0v) is 16.4. The van der Waals surface area contributed by atoms with Crippen LogP contribution in [0.1, 0.15) is 31.0 Å². The maximum atomic E-state index is 14.0. The van der Waals surface area contributed by atoms with Gasteiger partial charge in [0.25, 0.3) is 0 Å². The molecule has 1 heterocycles. The van der Waals surface area contributed by atoms with Crippen molar-refractivity contribution < 1.29 is 23.9 Å². The molecule has 0 amide bonds.